The van der Waals surface area contributed by atoms with Crippen molar-refractivity contribution in [3.05, 3.63) is 52.0 Å². The van der Waals surface area contributed by atoms with Crippen LogP contribution in [-0.2, 0) is 4.79 Å². The van der Waals surface area contributed by atoms with E-state index in [4.69, 9.17) is 37.4 Å². The number of nitrogens with zero attached hydrogens (tertiary/aromatic N) is 1. The first-order chi connectivity index (χ1) is 14.4. The molecule has 0 N–H and O–H groups in total. The Morgan fingerprint density at radius 1 is 1.17 bits per heavy atom. The SMILES string of the molecule is COc1ccc2c(c1)C(=O)CC1(CCN(C(=O)COc3cc(Cl)ccc3Cl)CC1)O2. The minimum absolute atomic E-state index is 0.0360. The largest absolute Gasteiger partial charge is 0.497 e. The molecule has 0 aromatic heterocycles. The van der Waals surface area contributed by atoms with Gasteiger partial charge in [0.05, 0.1) is 24.1 Å². The number of carbonyl (C=O) groups is 2. The van der Waals surface area contributed by atoms with E-state index in [0.717, 1.165) is 0 Å². The molecule has 6 nitrogen and oxygen atoms in total. The van der Waals surface area contributed by atoms with E-state index in [-0.39, 0.29) is 18.3 Å². The monoisotopic (exact) mass is 449 g/mol. The highest BCUT2D eigenvalue weighted by Gasteiger charge is 2.43. The zero-order valence-electron chi connectivity index (χ0n) is 16.5. The maximum absolute atomic E-state index is 12.7. The van der Waals surface area contributed by atoms with Gasteiger partial charge >= 0.3 is 0 Å². The third-order valence-corrected chi connectivity index (χ3v) is 6.12. The lowest BCUT2D eigenvalue weighted by Gasteiger charge is -2.43. The second-order valence-electron chi connectivity index (χ2n) is 7.49. The summed E-state index contributed by atoms with van der Waals surface area (Å²) in [6.07, 6.45) is 1.45. The molecular formula is C22H21Cl2NO5. The Kier molecular flexibility index (Phi) is 5.80. The molecule has 2 aromatic rings. The van der Waals surface area contributed by atoms with Gasteiger partial charge in [0.15, 0.2) is 12.4 Å². The van der Waals surface area contributed by atoms with Gasteiger partial charge in [0.25, 0.3) is 5.91 Å². The summed E-state index contributed by atoms with van der Waals surface area (Å²) in [7, 11) is 1.56. The highest BCUT2D eigenvalue weighted by molar-refractivity contribution is 6.34. The number of benzene rings is 2. The van der Waals surface area contributed by atoms with Crippen LogP contribution in [0.4, 0.5) is 0 Å². The summed E-state index contributed by atoms with van der Waals surface area (Å²) in [5.41, 5.74) is -0.0303. The fourth-order valence-electron chi connectivity index (χ4n) is 3.86. The van der Waals surface area contributed by atoms with Gasteiger partial charge in [-0.15, -0.1) is 0 Å². The number of rotatable bonds is 4. The van der Waals surface area contributed by atoms with E-state index in [1.54, 1.807) is 48.4 Å². The quantitative estimate of drug-likeness (QED) is 0.691. The number of hydrogen-bond donors (Lipinski definition) is 0. The molecule has 2 aliphatic heterocycles. The van der Waals surface area contributed by atoms with Crippen LogP contribution >= 0.6 is 23.2 Å². The number of piperidine rings is 1. The lowest BCUT2D eigenvalue weighted by atomic mass is 9.82. The molecule has 0 saturated carbocycles. The normalized spacial score (nSPS) is 17.3. The number of amides is 1. The van der Waals surface area contributed by atoms with Crippen LogP contribution in [0.3, 0.4) is 0 Å². The van der Waals surface area contributed by atoms with Crippen LogP contribution in [0.1, 0.15) is 29.6 Å². The summed E-state index contributed by atoms with van der Waals surface area (Å²) in [5, 5.41) is 0.882. The Labute approximate surface area is 184 Å². The molecule has 0 radical (unpaired) electrons. The molecule has 1 spiro atoms. The predicted octanol–water partition coefficient (Wildman–Crippen LogP) is 4.41. The molecule has 0 aliphatic carbocycles. The van der Waals surface area contributed by atoms with Gasteiger partial charge in [-0.2, -0.15) is 0 Å². The number of methoxy groups -OCH3 is 1. The van der Waals surface area contributed by atoms with E-state index in [1.807, 2.05) is 0 Å². The Hall–Kier alpha value is -2.44. The van der Waals surface area contributed by atoms with Crippen LogP contribution < -0.4 is 14.2 Å². The van der Waals surface area contributed by atoms with Crippen molar-refractivity contribution in [3.63, 3.8) is 0 Å². The number of fused-ring (bicyclic) bond motifs is 1. The van der Waals surface area contributed by atoms with Gasteiger partial charge in [-0.05, 0) is 30.3 Å². The van der Waals surface area contributed by atoms with Crippen LogP contribution in [0.5, 0.6) is 17.2 Å². The van der Waals surface area contributed by atoms with E-state index in [2.05, 4.69) is 0 Å². The first kappa shape index (κ1) is 20.8. The Bertz CT molecular complexity index is 985. The van der Waals surface area contributed by atoms with Crippen LogP contribution in [0.15, 0.2) is 36.4 Å². The molecule has 30 heavy (non-hydrogen) atoms. The van der Waals surface area contributed by atoms with E-state index in [1.165, 1.54) is 0 Å². The van der Waals surface area contributed by atoms with Gasteiger partial charge in [-0.25, -0.2) is 0 Å². The molecule has 158 valence electrons. The average molecular weight is 450 g/mol. The van der Waals surface area contributed by atoms with Crippen LogP contribution in [-0.4, -0.2) is 49.0 Å². The second kappa shape index (κ2) is 8.36. The summed E-state index contributed by atoms with van der Waals surface area (Å²) in [4.78, 5) is 27.0. The summed E-state index contributed by atoms with van der Waals surface area (Å²) < 4.78 is 17.0. The zero-order valence-corrected chi connectivity index (χ0v) is 18.0. The number of Topliss-reactive ketones (excluding diaryl/α,β-unsaturated/α-hetero) is 1. The maximum Gasteiger partial charge on any atom is 0.260 e. The summed E-state index contributed by atoms with van der Waals surface area (Å²) in [5.74, 6) is 1.47. The van der Waals surface area contributed by atoms with Gasteiger partial charge in [0.1, 0.15) is 22.8 Å². The Morgan fingerprint density at radius 3 is 2.67 bits per heavy atom. The van der Waals surface area contributed by atoms with Crippen LogP contribution in [0.25, 0.3) is 0 Å². The summed E-state index contributed by atoms with van der Waals surface area (Å²) in [6.45, 7) is 0.851. The molecule has 2 aliphatic rings. The van der Waals surface area contributed by atoms with Gasteiger partial charge in [0.2, 0.25) is 0 Å². The zero-order chi connectivity index (χ0) is 21.3. The van der Waals surface area contributed by atoms with Crippen molar-refractivity contribution in [3.8, 4) is 17.2 Å². The predicted molar refractivity (Wildman–Crippen MR) is 113 cm³/mol. The van der Waals surface area contributed by atoms with E-state index < -0.39 is 5.60 Å². The van der Waals surface area contributed by atoms with Crippen molar-refractivity contribution < 1.29 is 23.8 Å². The van der Waals surface area contributed by atoms with Crippen LogP contribution in [0.2, 0.25) is 10.0 Å². The smallest absolute Gasteiger partial charge is 0.260 e. The highest BCUT2D eigenvalue weighted by atomic mass is 35.5. The van der Waals surface area contributed by atoms with Crippen molar-refractivity contribution in [2.24, 2.45) is 0 Å². The van der Waals surface area contributed by atoms with E-state index in [9.17, 15) is 9.59 Å². The molecule has 2 heterocycles. The lowest BCUT2D eigenvalue weighted by molar-refractivity contribution is -0.136. The summed E-state index contributed by atoms with van der Waals surface area (Å²) >= 11 is 12.0. The van der Waals surface area contributed by atoms with Crippen molar-refractivity contribution in [2.45, 2.75) is 24.9 Å². The lowest BCUT2D eigenvalue weighted by Crippen LogP contribution is -2.53. The second-order valence-corrected chi connectivity index (χ2v) is 8.33. The topological polar surface area (TPSA) is 65.1 Å². The third kappa shape index (κ3) is 4.20. The molecule has 0 unspecified atom stereocenters. The molecule has 1 saturated heterocycles. The molecule has 2 aromatic carbocycles. The number of carbonyl (C=O) groups excluding carboxylic acids is 2. The molecule has 1 fully saturated rings. The van der Waals surface area contributed by atoms with E-state index >= 15 is 0 Å². The fourth-order valence-corrected chi connectivity index (χ4v) is 4.20. The van der Waals surface area contributed by atoms with Crippen LogP contribution in [0, 0.1) is 0 Å². The molecule has 0 bridgehead atoms. The van der Waals surface area contributed by atoms with Crippen molar-refractivity contribution in [2.75, 3.05) is 26.8 Å². The third-order valence-electron chi connectivity index (χ3n) is 5.57. The minimum atomic E-state index is -0.577. The number of hydrogen-bond acceptors (Lipinski definition) is 5. The van der Waals surface area contributed by atoms with E-state index in [0.29, 0.717) is 65.2 Å². The molecule has 4 rings (SSSR count). The Balaban J connectivity index is 1.37. The van der Waals surface area contributed by atoms with Gasteiger partial charge in [-0.3, -0.25) is 9.59 Å². The first-order valence-electron chi connectivity index (χ1n) is 9.65. The average Bonchev–Trinajstić information content (AvgIpc) is 2.74. The minimum Gasteiger partial charge on any atom is -0.497 e. The molecular weight excluding hydrogens is 429 g/mol. The number of ketones is 1. The van der Waals surface area contributed by atoms with Crippen molar-refractivity contribution in [1.29, 1.82) is 0 Å². The van der Waals surface area contributed by atoms with Crippen molar-refractivity contribution in [1.82, 2.24) is 4.90 Å². The Morgan fingerprint density at radius 2 is 1.93 bits per heavy atom. The standard InChI is InChI=1S/C22H21Cl2NO5/c1-28-15-3-5-19-16(11-15)18(26)12-22(30-19)6-8-25(9-7-22)21(27)13-29-20-10-14(23)2-4-17(20)24/h2-5,10-11H,6-9,12-13H2,1H3. The molecule has 0 atom stereocenters. The number of likely N-dealkylation sites (tertiary alicyclic amines) is 1. The number of ether oxygens (including phenoxy) is 3. The first-order valence-corrected chi connectivity index (χ1v) is 10.4. The fraction of sp³-hybridized carbons (Fsp3) is 0.364. The van der Waals surface area contributed by atoms with Gasteiger partial charge in [0, 0.05) is 37.0 Å². The molecule has 1 amide bonds. The molecule has 8 heteroatoms. The highest BCUT2D eigenvalue weighted by Crippen LogP contribution is 2.40. The van der Waals surface area contributed by atoms with Gasteiger partial charge in [-0.1, -0.05) is 23.2 Å². The van der Waals surface area contributed by atoms with Gasteiger partial charge < -0.3 is 19.1 Å². The number of halogens is 2. The summed E-state index contributed by atoms with van der Waals surface area (Å²) in [6, 6.07) is 10.1. The van der Waals surface area contributed by atoms with Crippen molar-refractivity contribution >= 4 is 34.9 Å². The maximum atomic E-state index is 12.7.